The third-order valence-corrected chi connectivity index (χ3v) is 6.31. The number of rotatable bonds is 9. The molecular formula is C24H20Cl2N4O3S. The van der Waals surface area contributed by atoms with Gasteiger partial charge in [0.25, 0.3) is 5.91 Å². The number of ether oxygens (including phenoxy) is 2. The number of carbonyl (C=O) groups excluding carboxylic acids is 1. The Morgan fingerprint density at radius 2 is 1.91 bits per heavy atom. The number of thioether (sulfide) groups is 1. The summed E-state index contributed by atoms with van der Waals surface area (Å²) < 4.78 is 11.3. The van der Waals surface area contributed by atoms with Gasteiger partial charge in [0.2, 0.25) is 0 Å². The molecule has 1 amide bonds. The second-order valence-electron chi connectivity index (χ2n) is 7.04. The van der Waals surface area contributed by atoms with Crippen LogP contribution in [-0.4, -0.2) is 35.0 Å². The molecule has 1 aromatic heterocycles. The summed E-state index contributed by atoms with van der Waals surface area (Å²) in [7, 11) is 1.54. The smallest absolute Gasteiger partial charge is 0.250 e. The van der Waals surface area contributed by atoms with Gasteiger partial charge in [-0.25, -0.2) is 10.4 Å². The fourth-order valence-electron chi connectivity index (χ4n) is 3.05. The Kier molecular flexibility index (Phi) is 7.95. The maximum atomic E-state index is 12.1. The number of aromatic nitrogens is 2. The molecule has 10 heteroatoms. The number of halogens is 2. The molecular weight excluding hydrogens is 495 g/mol. The van der Waals surface area contributed by atoms with Crippen molar-refractivity contribution in [1.29, 1.82) is 0 Å². The van der Waals surface area contributed by atoms with Gasteiger partial charge < -0.3 is 14.5 Å². The van der Waals surface area contributed by atoms with E-state index in [9.17, 15) is 4.79 Å². The maximum Gasteiger partial charge on any atom is 0.250 e. The topological polar surface area (TPSA) is 88.6 Å². The molecule has 0 bridgehead atoms. The SMILES string of the molecule is COc1cc(/C=N\NC(=O)CSc2nc3ccccc3[nH]2)ccc1OCc1c(Cl)cccc1Cl. The normalized spacial score (nSPS) is 11.1. The molecule has 1 heterocycles. The first-order valence-corrected chi connectivity index (χ1v) is 11.9. The van der Waals surface area contributed by atoms with E-state index in [2.05, 4.69) is 20.5 Å². The summed E-state index contributed by atoms with van der Waals surface area (Å²) in [6, 6.07) is 18.3. The highest BCUT2D eigenvalue weighted by atomic mass is 35.5. The van der Waals surface area contributed by atoms with Gasteiger partial charge in [0.15, 0.2) is 16.7 Å². The average molecular weight is 515 g/mol. The average Bonchev–Trinajstić information content (AvgIpc) is 3.26. The molecule has 0 spiro atoms. The molecule has 0 aliphatic heterocycles. The van der Waals surface area contributed by atoms with E-state index in [-0.39, 0.29) is 18.3 Å². The number of hydrogen-bond donors (Lipinski definition) is 2. The van der Waals surface area contributed by atoms with Crippen LogP contribution in [0.4, 0.5) is 0 Å². The number of methoxy groups -OCH3 is 1. The number of para-hydroxylation sites is 2. The Balaban J connectivity index is 1.31. The van der Waals surface area contributed by atoms with Crippen molar-refractivity contribution in [2.75, 3.05) is 12.9 Å². The first-order chi connectivity index (χ1) is 16.5. The van der Waals surface area contributed by atoms with E-state index < -0.39 is 0 Å². The van der Waals surface area contributed by atoms with Crippen molar-refractivity contribution in [3.05, 3.63) is 81.8 Å². The monoisotopic (exact) mass is 514 g/mol. The van der Waals surface area contributed by atoms with Crippen molar-refractivity contribution in [2.24, 2.45) is 5.10 Å². The molecule has 0 saturated carbocycles. The highest BCUT2D eigenvalue weighted by molar-refractivity contribution is 7.99. The predicted molar refractivity (Wildman–Crippen MR) is 136 cm³/mol. The Labute approximate surface area is 210 Å². The van der Waals surface area contributed by atoms with Crippen LogP contribution in [0.5, 0.6) is 11.5 Å². The van der Waals surface area contributed by atoms with Crippen molar-refractivity contribution in [1.82, 2.24) is 15.4 Å². The van der Waals surface area contributed by atoms with E-state index in [1.807, 2.05) is 24.3 Å². The quantitative estimate of drug-likeness (QED) is 0.170. The lowest BCUT2D eigenvalue weighted by Gasteiger charge is -2.13. The molecule has 3 aromatic carbocycles. The lowest BCUT2D eigenvalue weighted by Crippen LogP contribution is -2.19. The number of aromatic amines is 1. The van der Waals surface area contributed by atoms with E-state index in [4.69, 9.17) is 32.7 Å². The number of nitrogens with zero attached hydrogens (tertiary/aromatic N) is 2. The summed E-state index contributed by atoms with van der Waals surface area (Å²) in [4.78, 5) is 19.7. The molecule has 0 fully saturated rings. The Morgan fingerprint density at radius 3 is 2.68 bits per heavy atom. The third-order valence-electron chi connectivity index (χ3n) is 4.73. The molecule has 2 N–H and O–H groups in total. The molecule has 0 radical (unpaired) electrons. The minimum Gasteiger partial charge on any atom is -0.493 e. The minimum atomic E-state index is -0.245. The van der Waals surface area contributed by atoms with Crippen molar-refractivity contribution >= 4 is 58.1 Å². The number of carbonyl (C=O) groups is 1. The lowest BCUT2D eigenvalue weighted by atomic mass is 10.2. The van der Waals surface area contributed by atoms with Crippen molar-refractivity contribution in [3.63, 3.8) is 0 Å². The molecule has 7 nitrogen and oxygen atoms in total. The Morgan fingerprint density at radius 1 is 1.12 bits per heavy atom. The van der Waals surface area contributed by atoms with Crippen LogP contribution >= 0.6 is 35.0 Å². The molecule has 0 aliphatic rings. The number of benzene rings is 3. The molecule has 4 rings (SSSR count). The van der Waals surface area contributed by atoms with E-state index in [0.29, 0.717) is 32.3 Å². The van der Waals surface area contributed by atoms with E-state index >= 15 is 0 Å². The molecule has 4 aromatic rings. The van der Waals surface area contributed by atoms with Crippen LogP contribution in [0.3, 0.4) is 0 Å². The Bertz CT molecular complexity index is 1290. The molecule has 0 saturated heterocycles. The van der Waals surface area contributed by atoms with Gasteiger partial charge in [-0.2, -0.15) is 5.10 Å². The summed E-state index contributed by atoms with van der Waals surface area (Å²) in [5, 5.41) is 5.76. The van der Waals surface area contributed by atoms with Crippen LogP contribution < -0.4 is 14.9 Å². The van der Waals surface area contributed by atoms with Gasteiger partial charge in [-0.3, -0.25) is 4.79 Å². The first-order valence-electron chi connectivity index (χ1n) is 10.2. The first kappa shape index (κ1) is 23.9. The number of H-pyrrole nitrogens is 1. The van der Waals surface area contributed by atoms with Gasteiger partial charge in [0.1, 0.15) is 6.61 Å². The van der Waals surface area contributed by atoms with Crippen LogP contribution in [0.1, 0.15) is 11.1 Å². The van der Waals surface area contributed by atoms with Crippen LogP contribution in [-0.2, 0) is 11.4 Å². The molecule has 0 unspecified atom stereocenters. The number of fused-ring (bicyclic) bond motifs is 1. The number of imidazole rings is 1. The van der Waals surface area contributed by atoms with E-state index in [1.165, 1.54) is 18.0 Å². The summed E-state index contributed by atoms with van der Waals surface area (Å²) >= 11 is 13.7. The molecule has 0 aliphatic carbocycles. The minimum absolute atomic E-state index is 0.178. The third kappa shape index (κ3) is 6.02. The van der Waals surface area contributed by atoms with Crippen LogP contribution in [0, 0.1) is 0 Å². The largest absolute Gasteiger partial charge is 0.493 e. The number of hydrazone groups is 1. The van der Waals surface area contributed by atoms with Crippen LogP contribution in [0.15, 0.2) is 70.9 Å². The van der Waals surface area contributed by atoms with Gasteiger partial charge in [-0.15, -0.1) is 0 Å². The summed E-state index contributed by atoms with van der Waals surface area (Å²) in [5.41, 5.74) is 5.73. The zero-order valence-electron chi connectivity index (χ0n) is 18.0. The van der Waals surface area contributed by atoms with Gasteiger partial charge in [-0.1, -0.05) is 53.2 Å². The summed E-state index contributed by atoms with van der Waals surface area (Å²) in [6.45, 7) is 0.196. The van der Waals surface area contributed by atoms with Crippen molar-refractivity contribution in [2.45, 2.75) is 11.8 Å². The zero-order chi connectivity index (χ0) is 23.9. The highest BCUT2D eigenvalue weighted by Crippen LogP contribution is 2.31. The van der Waals surface area contributed by atoms with Crippen molar-refractivity contribution in [3.8, 4) is 11.5 Å². The number of hydrogen-bond acceptors (Lipinski definition) is 6. The van der Waals surface area contributed by atoms with Gasteiger partial charge in [0.05, 0.1) is 30.1 Å². The molecule has 34 heavy (non-hydrogen) atoms. The van der Waals surface area contributed by atoms with E-state index in [1.54, 1.807) is 43.5 Å². The number of nitrogens with one attached hydrogen (secondary N) is 2. The highest BCUT2D eigenvalue weighted by Gasteiger charge is 2.10. The number of amides is 1. The van der Waals surface area contributed by atoms with Gasteiger partial charge >= 0.3 is 0 Å². The molecule has 174 valence electrons. The Hall–Kier alpha value is -3.20. The van der Waals surface area contributed by atoms with Crippen molar-refractivity contribution < 1.29 is 14.3 Å². The van der Waals surface area contributed by atoms with E-state index in [0.717, 1.165) is 16.6 Å². The maximum absolute atomic E-state index is 12.1. The summed E-state index contributed by atoms with van der Waals surface area (Å²) in [6.07, 6.45) is 1.53. The summed E-state index contributed by atoms with van der Waals surface area (Å²) in [5.74, 6) is 0.976. The predicted octanol–water partition coefficient (Wildman–Crippen LogP) is 5.70. The lowest BCUT2D eigenvalue weighted by molar-refractivity contribution is -0.118. The fourth-order valence-corrected chi connectivity index (χ4v) is 4.23. The van der Waals surface area contributed by atoms with Crippen LogP contribution in [0.25, 0.3) is 11.0 Å². The zero-order valence-corrected chi connectivity index (χ0v) is 20.4. The molecule has 0 atom stereocenters. The second-order valence-corrected chi connectivity index (χ2v) is 8.82. The fraction of sp³-hybridized carbons (Fsp3) is 0.125. The standard InChI is InChI=1S/C24H20Cl2N4O3S/c1-32-22-11-15(9-10-21(22)33-13-16-17(25)5-4-6-18(16)26)12-27-30-23(31)14-34-24-28-19-7-2-3-8-20(19)29-24/h2-12H,13-14H2,1H3,(H,28,29)(H,30,31)/b27-12-. The van der Waals surface area contributed by atoms with Gasteiger partial charge in [-0.05, 0) is 48.0 Å². The van der Waals surface area contributed by atoms with Crippen LogP contribution in [0.2, 0.25) is 10.0 Å². The van der Waals surface area contributed by atoms with Gasteiger partial charge in [0, 0.05) is 15.6 Å². The second kappa shape index (κ2) is 11.3.